The van der Waals surface area contributed by atoms with E-state index in [-0.39, 0.29) is 0 Å². The summed E-state index contributed by atoms with van der Waals surface area (Å²) in [5.74, 6) is -0.799. The first-order chi connectivity index (χ1) is 13.1. The number of nitrogens with zero attached hydrogens (tertiary/aromatic N) is 1. The summed E-state index contributed by atoms with van der Waals surface area (Å²) in [7, 11) is 0. The average molecular weight is 419 g/mol. The number of aromatic nitrogens is 1. The number of alkyl halides is 3. The molecule has 1 aromatic heterocycles. The van der Waals surface area contributed by atoms with E-state index in [1.54, 1.807) is 0 Å². The Morgan fingerprint density at radius 1 is 1.32 bits per heavy atom. The van der Waals surface area contributed by atoms with Gasteiger partial charge in [-0.1, -0.05) is 11.6 Å². The third-order valence-corrected chi connectivity index (χ3v) is 4.53. The van der Waals surface area contributed by atoms with E-state index in [0.29, 0.717) is 47.6 Å². The van der Waals surface area contributed by atoms with Gasteiger partial charge >= 0.3 is 6.18 Å². The zero-order valence-electron chi connectivity index (χ0n) is 14.4. The van der Waals surface area contributed by atoms with E-state index in [1.165, 1.54) is 18.2 Å². The van der Waals surface area contributed by atoms with Crippen LogP contribution in [0.5, 0.6) is 5.75 Å². The van der Waals surface area contributed by atoms with Gasteiger partial charge in [-0.25, -0.2) is 4.39 Å². The first-order valence-electron chi connectivity index (χ1n) is 8.34. The molecule has 0 aliphatic carbocycles. The maximum absolute atomic E-state index is 13.6. The van der Waals surface area contributed by atoms with Crippen molar-refractivity contribution >= 4 is 17.5 Å². The number of rotatable bonds is 3. The molecule has 2 heterocycles. The van der Waals surface area contributed by atoms with E-state index in [9.17, 15) is 27.2 Å². The Labute approximate surface area is 161 Å². The van der Waals surface area contributed by atoms with Crippen molar-refractivity contribution in [1.29, 1.82) is 0 Å². The zero-order chi connectivity index (χ0) is 20.5. The van der Waals surface area contributed by atoms with Gasteiger partial charge in [-0.3, -0.25) is 9.59 Å². The fourth-order valence-corrected chi connectivity index (χ4v) is 3.19. The van der Waals surface area contributed by atoms with E-state index in [0.717, 1.165) is 0 Å². The Kier molecular flexibility index (Phi) is 5.64. The number of hydrogen-bond acceptors (Lipinski definition) is 3. The van der Waals surface area contributed by atoms with Crippen LogP contribution in [0.3, 0.4) is 0 Å². The number of benzene rings is 1. The summed E-state index contributed by atoms with van der Waals surface area (Å²) in [5, 5.41) is 1.99. The van der Waals surface area contributed by atoms with Crippen molar-refractivity contribution in [3.8, 4) is 5.75 Å². The lowest BCUT2D eigenvalue weighted by Gasteiger charge is -2.19. The van der Waals surface area contributed by atoms with Gasteiger partial charge in [0.05, 0.1) is 18.2 Å². The number of amides is 1. The van der Waals surface area contributed by atoms with Crippen LogP contribution in [0.25, 0.3) is 0 Å². The van der Waals surface area contributed by atoms with Crippen molar-refractivity contribution in [2.24, 2.45) is 0 Å². The molecule has 1 aliphatic rings. The van der Waals surface area contributed by atoms with E-state index >= 15 is 0 Å². The van der Waals surface area contributed by atoms with Crippen LogP contribution in [0.4, 0.5) is 17.6 Å². The number of carbonyl (C=O) groups is 1. The van der Waals surface area contributed by atoms with Gasteiger partial charge in [0, 0.05) is 11.8 Å². The summed E-state index contributed by atoms with van der Waals surface area (Å²) in [6.45, 7) is -0.280. The minimum Gasteiger partial charge on any atom is -0.493 e. The molecule has 0 bridgehead atoms. The maximum atomic E-state index is 13.6. The monoisotopic (exact) mass is 418 g/mol. The predicted molar refractivity (Wildman–Crippen MR) is 92.7 cm³/mol. The Morgan fingerprint density at radius 2 is 2.07 bits per heavy atom. The maximum Gasteiger partial charge on any atom is 0.417 e. The number of ether oxygens (including phenoxy) is 1. The fraction of sp³-hybridized carbons (Fsp3) is 0.333. The van der Waals surface area contributed by atoms with Gasteiger partial charge in [0.2, 0.25) is 5.91 Å². The standard InChI is InChI=1S/C18H15ClF4N2O3/c19-13-6-10(18(21,22)23)8-25(17(13)27)9-16(26)24-14-2-1-5-28-15-4-3-11(20)7-12(14)15/h3-4,6-8,14H,1-2,5,9H2,(H,24,26)/t14-/m0/s1. The Bertz CT molecular complexity index is 959. The predicted octanol–water partition coefficient (Wildman–Crippen LogP) is 3.69. The molecule has 2 aromatic rings. The third kappa shape index (κ3) is 4.46. The van der Waals surface area contributed by atoms with E-state index in [4.69, 9.17) is 16.3 Å². The Balaban J connectivity index is 1.83. The number of halogens is 5. The van der Waals surface area contributed by atoms with Gasteiger partial charge in [-0.2, -0.15) is 13.2 Å². The quantitative estimate of drug-likeness (QED) is 0.773. The zero-order valence-corrected chi connectivity index (χ0v) is 15.1. The molecule has 0 radical (unpaired) electrons. The summed E-state index contributed by atoms with van der Waals surface area (Å²) < 4.78 is 58.4. The molecule has 0 saturated carbocycles. The lowest BCUT2D eigenvalue weighted by Crippen LogP contribution is -2.35. The minimum atomic E-state index is -4.72. The second-order valence-electron chi connectivity index (χ2n) is 6.30. The summed E-state index contributed by atoms with van der Waals surface area (Å²) in [4.78, 5) is 24.4. The first-order valence-corrected chi connectivity index (χ1v) is 8.72. The van der Waals surface area contributed by atoms with Crippen LogP contribution in [-0.4, -0.2) is 17.1 Å². The van der Waals surface area contributed by atoms with E-state index in [2.05, 4.69) is 5.32 Å². The molecule has 150 valence electrons. The van der Waals surface area contributed by atoms with Crippen LogP contribution in [0.1, 0.15) is 30.0 Å². The lowest BCUT2D eigenvalue weighted by atomic mass is 10.0. The van der Waals surface area contributed by atoms with E-state index in [1.807, 2.05) is 0 Å². The van der Waals surface area contributed by atoms with Gasteiger partial charge in [0.1, 0.15) is 23.1 Å². The summed E-state index contributed by atoms with van der Waals surface area (Å²) in [6, 6.07) is 3.83. The van der Waals surface area contributed by atoms with Crippen molar-refractivity contribution in [1.82, 2.24) is 9.88 Å². The molecular weight excluding hydrogens is 404 g/mol. The normalized spacial score (nSPS) is 16.7. The van der Waals surface area contributed by atoms with Crippen molar-refractivity contribution < 1.29 is 27.1 Å². The molecular formula is C18H15ClF4N2O3. The van der Waals surface area contributed by atoms with Gasteiger partial charge in [0.15, 0.2) is 0 Å². The number of pyridine rings is 1. The molecule has 10 heteroatoms. The summed E-state index contributed by atoms with van der Waals surface area (Å²) in [6.07, 6.45) is -3.15. The van der Waals surface area contributed by atoms with Crippen molar-refractivity contribution in [2.45, 2.75) is 31.6 Å². The smallest absolute Gasteiger partial charge is 0.417 e. The molecule has 0 spiro atoms. The van der Waals surface area contributed by atoms with Crippen molar-refractivity contribution in [3.63, 3.8) is 0 Å². The van der Waals surface area contributed by atoms with Crippen molar-refractivity contribution in [2.75, 3.05) is 6.61 Å². The number of hydrogen-bond donors (Lipinski definition) is 1. The summed E-state index contributed by atoms with van der Waals surface area (Å²) >= 11 is 5.58. The highest BCUT2D eigenvalue weighted by atomic mass is 35.5. The molecule has 1 aliphatic heterocycles. The highest BCUT2D eigenvalue weighted by Crippen LogP contribution is 2.32. The molecule has 0 fully saturated rings. The van der Waals surface area contributed by atoms with Crippen LogP contribution in [0, 0.1) is 5.82 Å². The second-order valence-corrected chi connectivity index (χ2v) is 6.71. The van der Waals surface area contributed by atoms with E-state index < -0.39 is 46.6 Å². The molecule has 1 atom stereocenters. The first kappa shape index (κ1) is 20.2. The number of fused-ring (bicyclic) bond motifs is 1. The minimum absolute atomic E-state index is 0.383. The molecule has 1 aromatic carbocycles. The topological polar surface area (TPSA) is 60.3 Å². The molecule has 1 N–H and O–H groups in total. The Morgan fingerprint density at radius 3 is 2.79 bits per heavy atom. The third-order valence-electron chi connectivity index (χ3n) is 4.26. The molecule has 0 unspecified atom stereocenters. The molecule has 3 rings (SSSR count). The van der Waals surface area contributed by atoms with Gasteiger partial charge in [0.25, 0.3) is 5.56 Å². The molecule has 5 nitrogen and oxygen atoms in total. The SMILES string of the molecule is O=C(Cn1cc(C(F)(F)F)cc(Cl)c1=O)N[C@H]1CCCOc2ccc(F)cc21. The average Bonchev–Trinajstić information content (AvgIpc) is 2.80. The second kappa shape index (κ2) is 7.83. The van der Waals surface area contributed by atoms with Crippen LogP contribution in [0.15, 0.2) is 35.3 Å². The van der Waals surface area contributed by atoms with Crippen LogP contribution in [0.2, 0.25) is 5.02 Å². The van der Waals surface area contributed by atoms with Crippen molar-refractivity contribution in [3.05, 3.63) is 62.8 Å². The number of nitrogens with one attached hydrogen (secondary N) is 1. The summed E-state index contributed by atoms with van der Waals surface area (Å²) in [5.41, 5.74) is -1.62. The van der Waals surface area contributed by atoms with Crippen LogP contribution >= 0.6 is 11.6 Å². The fourth-order valence-electron chi connectivity index (χ4n) is 2.96. The van der Waals surface area contributed by atoms with Gasteiger partial charge < -0.3 is 14.6 Å². The molecule has 28 heavy (non-hydrogen) atoms. The van der Waals surface area contributed by atoms with Gasteiger partial charge in [-0.05, 0) is 37.1 Å². The Hall–Kier alpha value is -2.55. The van der Waals surface area contributed by atoms with Crippen LogP contribution in [-0.2, 0) is 17.5 Å². The molecule has 0 saturated heterocycles. The number of carbonyl (C=O) groups excluding carboxylic acids is 1. The molecule has 1 amide bonds. The largest absolute Gasteiger partial charge is 0.493 e. The highest BCUT2D eigenvalue weighted by Gasteiger charge is 2.32. The van der Waals surface area contributed by atoms with Gasteiger partial charge in [-0.15, -0.1) is 0 Å². The van der Waals surface area contributed by atoms with Crippen LogP contribution < -0.4 is 15.6 Å². The lowest BCUT2D eigenvalue weighted by molar-refractivity contribution is -0.138. The highest BCUT2D eigenvalue weighted by molar-refractivity contribution is 6.30.